The molecule has 4 N–H and O–H groups in total. The van der Waals surface area contributed by atoms with Crippen molar-refractivity contribution in [3.8, 4) is 0 Å². The fraction of sp³-hybridized carbons (Fsp3) is 0.562. The molecule has 0 atom stereocenters. The number of aryl methyl sites for hydroxylation is 1. The zero-order valence-corrected chi connectivity index (χ0v) is 15.3. The number of amides is 1. The van der Waals surface area contributed by atoms with Gasteiger partial charge in [0.1, 0.15) is 11.5 Å². The van der Waals surface area contributed by atoms with Gasteiger partial charge in [-0.1, -0.05) is 6.92 Å². The van der Waals surface area contributed by atoms with E-state index >= 15 is 0 Å². The first-order valence-corrected chi connectivity index (χ1v) is 8.83. The van der Waals surface area contributed by atoms with Gasteiger partial charge >= 0.3 is 0 Å². The molecular weight excluding hydrogens is 334 g/mol. The van der Waals surface area contributed by atoms with E-state index in [4.69, 9.17) is 0 Å². The van der Waals surface area contributed by atoms with Gasteiger partial charge in [-0.3, -0.25) is 10.1 Å². The highest BCUT2D eigenvalue weighted by Gasteiger charge is 2.25. The molecule has 2 aromatic heterocycles. The lowest BCUT2D eigenvalue weighted by molar-refractivity contribution is 0.0943. The second kappa shape index (κ2) is 8.09. The number of rotatable bonds is 9. The van der Waals surface area contributed by atoms with Crippen molar-refractivity contribution in [3.63, 3.8) is 0 Å². The summed E-state index contributed by atoms with van der Waals surface area (Å²) in [4.78, 5) is 29.6. The molecule has 1 aliphatic carbocycles. The average Bonchev–Trinajstić information content (AvgIpc) is 3.37. The van der Waals surface area contributed by atoms with Gasteiger partial charge in [0, 0.05) is 32.6 Å². The first-order valence-electron chi connectivity index (χ1n) is 8.83. The lowest BCUT2D eigenvalue weighted by Gasteiger charge is -2.10. The predicted octanol–water partition coefficient (Wildman–Crippen LogP) is 0.435. The predicted molar refractivity (Wildman–Crippen MR) is 98.6 cm³/mol. The van der Waals surface area contributed by atoms with Gasteiger partial charge in [0.25, 0.3) is 5.91 Å². The maximum atomic E-state index is 12.2. The Balaban J connectivity index is 1.74. The van der Waals surface area contributed by atoms with Crippen molar-refractivity contribution >= 4 is 23.8 Å². The van der Waals surface area contributed by atoms with Crippen molar-refractivity contribution in [2.45, 2.75) is 32.2 Å². The van der Waals surface area contributed by atoms with Gasteiger partial charge in [0.15, 0.2) is 0 Å². The van der Waals surface area contributed by atoms with Crippen LogP contribution in [0.5, 0.6) is 0 Å². The molecule has 2 aromatic rings. The Morgan fingerprint density at radius 2 is 2.00 bits per heavy atom. The quantitative estimate of drug-likeness (QED) is 0.476. The number of anilines is 3. The highest BCUT2D eigenvalue weighted by Crippen LogP contribution is 2.20. The maximum absolute atomic E-state index is 12.2. The molecule has 0 unspecified atom stereocenters. The van der Waals surface area contributed by atoms with Crippen molar-refractivity contribution in [3.05, 3.63) is 17.7 Å². The molecule has 0 radical (unpaired) electrons. The van der Waals surface area contributed by atoms with Crippen LogP contribution in [0.1, 0.15) is 36.1 Å². The molecule has 0 aliphatic heterocycles. The number of likely N-dealkylation sites (N-methyl/N-ethyl adjacent to an activating group) is 1. The SMILES string of the molecule is CCc1nc(NCCNC)nc(Nc2ncc(C(=O)NC3CC3)n2C)n1. The summed E-state index contributed by atoms with van der Waals surface area (Å²) in [5, 5.41) is 12.3. The summed E-state index contributed by atoms with van der Waals surface area (Å²) >= 11 is 0. The molecule has 0 bridgehead atoms. The van der Waals surface area contributed by atoms with Gasteiger partial charge < -0.3 is 20.5 Å². The third-order valence-electron chi connectivity index (χ3n) is 4.01. The van der Waals surface area contributed by atoms with Crippen LogP contribution in [-0.4, -0.2) is 56.6 Å². The second-order valence-corrected chi connectivity index (χ2v) is 6.18. The van der Waals surface area contributed by atoms with Gasteiger partial charge in [0.2, 0.25) is 17.8 Å². The number of aromatic nitrogens is 5. The minimum atomic E-state index is -0.116. The first-order chi connectivity index (χ1) is 12.6. The minimum Gasteiger partial charge on any atom is -0.353 e. The van der Waals surface area contributed by atoms with Crippen molar-refractivity contribution in [1.29, 1.82) is 0 Å². The Hall–Kier alpha value is -2.75. The largest absolute Gasteiger partial charge is 0.353 e. The number of carbonyl (C=O) groups excluding carboxylic acids is 1. The van der Waals surface area contributed by atoms with E-state index in [1.807, 2.05) is 14.0 Å². The third-order valence-corrected chi connectivity index (χ3v) is 4.01. The van der Waals surface area contributed by atoms with Crippen molar-refractivity contribution in [2.75, 3.05) is 30.8 Å². The number of nitrogens with one attached hydrogen (secondary N) is 4. The van der Waals surface area contributed by atoms with Crippen LogP contribution in [0, 0.1) is 0 Å². The number of nitrogens with zero attached hydrogens (tertiary/aromatic N) is 5. The standard InChI is InChI=1S/C16H25N9O/c1-4-12-21-14(18-8-7-17-2)23-15(22-12)24-16-19-9-11(25(16)3)13(26)20-10-5-6-10/h9-10,17H,4-8H2,1-3H3,(H,20,26)(H2,18,19,21,22,23,24). The van der Waals surface area contributed by atoms with Crippen LogP contribution in [0.2, 0.25) is 0 Å². The smallest absolute Gasteiger partial charge is 0.269 e. The highest BCUT2D eigenvalue weighted by atomic mass is 16.2. The first kappa shape index (κ1) is 18.1. The molecule has 10 nitrogen and oxygen atoms in total. The molecule has 2 heterocycles. The zero-order chi connectivity index (χ0) is 18.5. The normalized spacial score (nSPS) is 13.5. The van der Waals surface area contributed by atoms with Crippen LogP contribution < -0.4 is 21.3 Å². The fourth-order valence-electron chi connectivity index (χ4n) is 2.34. The van der Waals surface area contributed by atoms with E-state index in [0.29, 0.717) is 48.4 Å². The van der Waals surface area contributed by atoms with Crippen molar-refractivity contribution in [1.82, 2.24) is 35.1 Å². The van der Waals surface area contributed by atoms with Gasteiger partial charge in [0.05, 0.1) is 6.20 Å². The summed E-state index contributed by atoms with van der Waals surface area (Å²) < 4.78 is 1.70. The molecule has 0 spiro atoms. The molecule has 1 fully saturated rings. The zero-order valence-electron chi connectivity index (χ0n) is 15.3. The van der Waals surface area contributed by atoms with Crippen molar-refractivity contribution < 1.29 is 4.79 Å². The van der Waals surface area contributed by atoms with E-state index in [2.05, 4.69) is 41.2 Å². The van der Waals surface area contributed by atoms with E-state index < -0.39 is 0 Å². The topological polar surface area (TPSA) is 122 Å². The summed E-state index contributed by atoms with van der Waals surface area (Å²) in [6, 6.07) is 0.302. The molecular formula is C16H25N9O. The molecule has 10 heteroatoms. The number of imidazole rings is 1. The molecule has 1 amide bonds. The summed E-state index contributed by atoms with van der Waals surface area (Å²) in [6.07, 6.45) is 4.33. The third kappa shape index (κ3) is 4.45. The number of hydrogen-bond acceptors (Lipinski definition) is 8. The van der Waals surface area contributed by atoms with E-state index in [-0.39, 0.29) is 5.91 Å². The molecule has 1 saturated carbocycles. The van der Waals surface area contributed by atoms with Crippen LogP contribution in [-0.2, 0) is 13.5 Å². The Bertz CT molecular complexity index is 769. The number of hydrogen-bond donors (Lipinski definition) is 4. The summed E-state index contributed by atoms with van der Waals surface area (Å²) in [7, 11) is 3.67. The molecule has 0 aromatic carbocycles. The Labute approximate surface area is 152 Å². The van der Waals surface area contributed by atoms with E-state index in [0.717, 1.165) is 19.4 Å². The summed E-state index contributed by atoms with van der Waals surface area (Å²) in [5.41, 5.74) is 0.497. The fourth-order valence-corrected chi connectivity index (χ4v) is 2.34. The summed E-state index contributed by atoms with van der Waals surface area (Å²) in [6.45, 7) is 3.49. The molecule has 26 heavy (non-hydrogen) atoms. The molecule has 3 rings (SSSR count). The second-order valence-electron chi connectivity index (χ2n) is 6.18. The van der Waals surface area contributed by atoms with E-state index in [1.54, 1.807) is 17.8 Å². The van der Waals surface area contributed by atoms with Crippen LogP contribution in [0.25, 0.3) is 0 Å². The van der Waals surface area contributed by atoms with Crippen LogP contribution >= 0.6 is 0 Å². The molecule has 1 aliphatic rings. The molecule has 140 valence electrons. The lowest BCUT2D eigenvalue weighted by Crippen LogP contribution is -2.27. The van der Waals surface area contributed by atoms with Crippen LogP contribution in [0.3, 0.4) is 0 Å². The number of carbonyl (C=O) groups is 1. The van der Waals surface area contributed by atoms with Gasteiger partial charge in [-0.05, 0) is 19.9 Å². The average molecular weight is 359 g/mol. The van der Waals surface area contributed by atoms with Gasteiger partial charge in [-0.2, -0.15) is 15.0 Å². The van der Waals surface area contributed by atoms with E-state index in [1.165, 1.54) is 0 Å². The highest BCUT2D eigenvalue weighted by molar-refractivity contribution is 5.93. The molecule has 0 saturated heterocycles. The monoisotopic (exact) mass is 359 g/mol. The minimum absolute atomic E-state index is 0.116. The van der Waals surface area contributed by atoms with Crippen LogP contribution in [0.4, 0.5) is 17.8 Å². The Morgan fingerprint density at radius 3 is 2.69 bits per heavy atom. The lowest BCUT2D eigenvalue weighted by atomic mass is 10.4. The Kier molecular flexibility index (Phi) is 5.61. The van der Waals surface area contributed by atoms with Gasteiger partial charge in [-0.25, -0.2) is 4.98 Å². The summed E-state index contributed by atoms with van der Waals surface area (Å²) in [5.74, 6) is 1.97. The van der Waals surface area contributed by atoms with E-state index in [9.17, 15) is 4.79 Å². The van der Waals surface area contributed by atoms with Crippen LogP contribution in [0.15, 0.2) is 6.20 Å². The van der Waals surface area contributed by atoms with Crippen molar-refractivity contribution in [2.24, 2.45) is 7.05 Å². The Morgan fingerprint density at radius 1 is 1.23 bits per heavy atom. The van der Waals surface area contributed by atoms with Gasteiger partial charge in [-0.15, -0.1) is 0 Å². The maximum Gasteiger partial charge on any atom is 0.269 e.